The van der Waals surface area contributed by atoms with E-state index in [1.54, 1.807) is 0 Å². The summed E-state index contributed by atoms with van der Waals surface area (Å²) in [5, 5.41) is 0. The van der Waals surface area contributed by atoms with E-state index in [0.717, 1.165) is 11.8 Å². The second-order valence-corrected chi connectivity index (χ2v) is 4.83. The molecule has 0 aromatic carbocycles. The molecule has 1 aliphatic carbocycles. The minimum absolute atomic E-state index is 0.980. The zero-order chi connectivity index (χ0) is 8.39. The fourth-order valence-corrected chi connectivity index (χ4v) is 2.71. The smallest absolute Gasteiger partial charge is 0.00195 e. The van der Waals surface area contributed by atoms with E-state index in [4.69, 9.17) is 0 Å². The Bertz CT molecular complexity index is 132. The molecule has 1 aliphatic heterocycles. The predicted molar refractivity (Wildman–Crippen MR) is 52.2 cm³/mol. The number of likely N-dealkylation sites (tertiary alicyclic amines) is 1. The summed E-state index contributed by atoms with van der Waals surface area (Å²) in [5.41, 5.74) is 0. The maximum Gasteiger partial charge on any atom is 0.00195 e. The summed E-state index contributed by atoms with van der Waals surface area (Å²) in [6.07, 6.45) is 7.49. The second kappa shape index (κ2) is 3.78. The van der Waals surface area contributed by atoms with Crippen LogP contribution in [0, 0.1) is 11.8 Å². The van der Waals surface area contributed by atoms with Crippen LogP contribution in [0.15, 0.2) is 0 Å². The van der Waals surface area contributed by atoms with Crippen LogP contribution in [0.3, 0.4) is 0 Å². The Morgan fingerprint density at radius 3 is 2.33 bits per heavy atom. The first kappa shape index (κ1) is 8.55. The highest BCUT2D eigenvalue weighted by atomic mass is 15.2. The highest BCUT2D eigenvalue weighted by molar-refractivity contribution is 4.79. The van der Waals surface area contributed by atoms with Crippen LogP contribution in [0.5, 0.6) is 0 Å². The summed E-state index contributed by atoms with van der Waals surface area (Å²) in [7, 11) is 0. The molecule has 1 saturated carbocycles. The Kier molecular flexibility index (Phi) is 2.69. The molecule has 0 aromatic heterocycles. The Labute approximate surface area is 76.1 Å². The van der Waals surface area contributed by atoms with Crippen LogP contribution in [-0.2, 0) is 0 Å². The average Bonchev–Trinajstić information content (AvgIpc) is 2.04. The highest BCUT2D eigenvalue weighted by Crippen LogP contribution is 2.26. The molecule has 2 rings (SSSR count). The van der Waals surface area contributed by atoms with Crippen molar-refractivity contribution < 1.29 is 0 Å². The maximum atomic E-state index is 2.64. The van der Waals surface area contributed by atoms with E-state index >= 15 is 0 Å². The lowest BCUT2D eigenvalue weighted by Gasteiger charge is -2.40. The zero-order valence-electron chi connectivity index (χ0n) is 8.26. The Balaban J connectivity index is 1.65. The van der Waals surface area contributed by atoms with Crippen LogP contribution >= 0.6 is 0 Å². The van der Waals surface area contributed by atoms with Crippen LogP contribution in [-0.4, -0.2) is 24.5 Å². The third kappa shape index (κ3) is 2.01. The largest absolute Gasteiger partial charge is 0.302 e. The van der Waals surface area contributed by atoms with Gasteiger partial charge in [-0.05, 0) is 24.7 Å². The van der Waals surface area contributed by atoms with Crippen molar-refractivity contribution in [3.8, 4) is 0 Å². The van der Waals surface area contributed by atoms with Gasteiger partial charge in [0.15, 0.2) is 0 Å². The lowest BCUT2D eigenvalue weighted by Crippen LogP contribution is -2.47. The average molecular weight is 167 g/mol. The molecule has 0 N–H and O–H groups in total. The Morgan fingerprint density at radius 1 is 1.08 bits per heavy atom. The quantitative estimate of drug-likeness (QED) is 0.611. The maximum absolute atomic E-state index is 2.64. The Hall–Kier alpha value is -0.0400. The second-order valence-electron chi connectivity index (χ2n) is 4.83. The molecule has 0 unspecified atom stereocenters. The third-order valence-corrected chi connectivity index (χ3v) is 3.38. The fourth-order valence-electron chi connectivity index (χ4n) is 2.71. The van der Waals surface area contributed by atoms with Gasteiger partial charge in [0.1, 0.15) is 0 Å². The van der Waals surface area contributed by atoms with Gasteiger partial charge in [-0.15, -0.1) is 0 Å². The van der Waals surface area contributed by atoms with Crippen molar-refractivity contribution in [2.24, 2.45) is 11.8 Å². The van der Waals surface area contributed by atoms with E-state index in [1.165, 1.54) is 51.7 Å². The molecule has 1 heteroatoms. The lowest BCUT2D eigenvalue weighted by molar-refractivity contribution is 0.0832. The van der Waals surface area contributed by atoms with Crippen LogP contribution in [0.25, 0.3) is 0 Å². The Morgan fingerprint density at radius 2 is 1.75 bits per heavy atom. The van der Waals surface area contributed by atoms with E-state index in [1.807, 2.05) is 0 Å². The monoisotopic (exact) mass is 167 g/mol. The molecule has 0 bridgehead atoms. The van der Waals surface area contributed by atoms with Gasteiger partial charge in [-0.25, -0.2) is 0 Å². The standard InChI is InChI=1S/C11H21N/c1-10-7-12(8-10)9-11-5-3-2-4-6-11/h10-11H,2-9H2,1H3. The zero-order valence-corrected chi connectivity index (χ0v) is 8.26. The number of rotatable bonds is 2. The summed E-state index contributed by atoms with van der Waals surface area (Å²) < 4.78 is 0. The van der Waals surface area contributed by atoms with E-state index in [2.05, 4.69) is 11.8 Å². The van der Waals surface area contributed by atoms with E-state index in [9.17, 15) is 0 Å². The first-order valence-electron chi connectivity index (χ1n) is 5.57. The van der Waals surface area contributed by atoms with Crippen molar-refractivity contribution in [2.45, 2.75) is 39.0 Å². The first-order valence-corrected chi connectivity index (χ1v) is 5.57. The number of hydrogen-bond donors (Lipinski definition) is 0. The van der Waals surface area contributed by atoms with Gasteiger partial charge in [0, 0.05) is 19.6 Å². The molecular formula is C11H21N. The molecular weight excluding hydrogens is 146 g/mol. The lowest BCUT2D eigenvalue weighted by atomic mass is 9.87. The number of nitrogens with zero attached hydrogens (tertiary/aromatic N) is 1. The first-order chi connectivity index (χ1) is 5.84. The molecule has 12 heavy (non-hydrogen) atoms. The number of hydrogen-bond acceptors (Lipinski definition) is 1. The fraction of sp³-hybridized carbons (Fsp3) is 1.00. The third-order valence-electron chi connectivity index (χ3n) is 3.38. The molecule has 1 saturated heterocycles. The van der Waals surface area contributed by atoms with Gasteiger partial charge in [-0.1, -0.05) is 26.2 Å². The summed E-state index contributed by atoms with van der Waals surface area (Å²) in [5.74, 6) is 2.03. The van der Waals surface area contributed by atoms with Gasteiger partial charge in [0.05, 0.1) is 0 Å². The molecule has 0 spiro atoms. The minimum Gasteiger partial charge on any atom is -0.302 e. The molecule has 0 amide bonds. The van der Waals surface area contributed by atoms with Crippen molar-refractivity contribution in [3.05, 3.63) is 0 Å². The molecule has 70 valence electrons. The van der Waals surface area contributed by atoms with Crippen LogP contribution in [0.4, 0.5) is 0 Å². The van der Waals surface area contributed by atoms with Gasteiger partial charge in [-0.2, -0.15) is 0 Å². The van der Waals surface area contributed by atoms with Crippen molar-refractivity contribution in [1.82, 2.24) is 4.90 Å². The summed E-state index contributed by atoms with van der Waals surface area (Å²) in [4.78, 5) is 2.64. The predicted octanol–water partition coefficient (Wildman–Crippen LogP) is 2.52. The van der Waals surface area contributed by atoms with Gasteiger partial charge in [0.2, 0.25) is 0 Å². The minimum atomic E-state index is 0.980. The highest BCUT2D eigenvalue weighted by Gasteiger charge is 2.25. The molecule has 2 aliphatic rings. The van der Waals surface area contributed by atoms with Gasteiger partial charge in [0.25, 0.3) is 0 Å². The van der Waals surface area contributed by atoms with Crippen molar-refractivity contribution in [2.75, 3.05) is 19.6 Å². The molecule has 0 atom stereocenters. The van der Waals surface area contributed by atoms with Gasteiger partial charge < -0.3 is 4.90 Å². The van der Waals surface area contributed by atoms with E-state index in [-0.39, 0.29) is 0 Å². The summed E-state index contributed by atoms with van der Waals surface area (Å²) in [6.45, 7) is 6.51. The van der Waals surface area contributed by atoms with Gasteiger partial charge in [-0.3, -0.25) is 0 Å². The molecule has 1 heterocycles. The summed E-state index contributed by atoms with van der Waals surface area (Å²) >= 11 is 0. The SMILES string of the molecule is CC1CN(CC2CCCCC2)C1. The van der Waals surface area contributed by atoms with E-state index < -0.39 is 0 Å². The van der Waals surface area contributed by atoms with Crippen LogP contribution in [0.1, 0.15) is 39.0 Å². The van der Waals surface area contributed by atoms with Crippen LogP contribution in [0.2, 0.25) is 0 Å². The topological polar surface area (TPSA) is 3.24 Å². The molecule has 1 nitrogen and oxygen atoms in total. The normalized spacial score (nSPS) is 28.8. The van der Waals surface area contributed by atoms with Crippen LogP contribution < -0.4 is 0 Å². The molecule has 0 aromatic rings. The van der Waals surface area contributed by atoms with Crippen molar-refractivity contribution in [1.29, 1.82) is 0 Å². The van der Waals surface area contributed by atoms with E-state index in [0.29, 0.717) is 0 Å². The summed E-state index contributed by atoms with van der Waals surface area (Å²) in [6, 6.07) is 0. The molecule has 0 radical (unpaired) electrons. The molecule has 2 fully saturated rings. The van der Waals surface area contributed by atoms with Gasteiger partial charge >= 0.3 is 0 Å². The van der Waals surface area contributed by atoms with Crippen molar-refractivity contribution >= 4 is 0 Å². The van der Waals surface area contributed by atoms with Crippen molar-refractivity contribution in [3.63, 3.8) is 0 Å².